The lowest BCUT2D eigenvalue weighted by molar-refractivity contribution is 0.477. The van der Waals surface area contributed by atoms with Crippen molar-refractivity contribution < 1.29 is 5.11 Å². The zero-order valence-corrected chi connectivity index (χ0v) is 12.6. The molecule has 0 spiro atoms. The van der Waals surface area contributed by atoms with Gasteiger partial charge in [-0.15, -0.1) is 0 Å². The molecule has 0 saturated heterocycles. The molecule has 0 amide bonds. The molecule has 0 aliphatic carbocycles. The highest BCUT2D eigenvalue weighted by Gasteiger charge is 2.17. The zero-order chi connectivity index (χ0) is 15.8. The van der Waals surface area contributed by atoms with E-state index in [0.29, 0.717) is 17.2 Å². The fourth-order valence-electron chi connectivity index (χ4n) is 2.82. The summed E-state index contributed by atoms with van der Waals surface area (Å²) in [7, 11) is 0. The second-order valence-electron chi connectivity index (χ2n) is 5.41. The van der Waals surface area contributed by atoms with Gasteiger partial charge < -0.3 is 5.11 Å². The van der Waals surface area contributed by atoms with Crippen LogP contribution in [0.15, 0.2) is 66.7 Å². The van der Waals surface area contributed by atoms with Crippen LogP contribution in [0.1, 0.15) is 5.82 Å². The Morgan fingerprint density at radius 1 is 0.870 bits per heavy atom. The molecule has 1 heterocycles. The Bertz CT molecular complexity index is 990. The molecule has 1 N–H and O–H groups in total. The SMILES string of the molecule is Cc1nc(-c2c(O)ccc3ccccc23)n(-c2ccccc2)n1. The van der Waals surface area contributed by atoms with Gasteiger partial charge in [0.2, 0.25) is 0 Å². The maximum atomic E-state index is 10.5. The summed E-state index contributed by atoms with van der Waals surface area (Å²) in [6.07, 6.45) is 0. The quantitative estimate of drug-likeness (QED) is 0.606. The molecule has 0 aliphatic rings. The molecule has 0 fully saturated rings. The fraction of sp³-hybridized carbons (Fsp3) is 0.0526. The van der Waals surface area contributed by atoms with Crippen LogP contribution in [0.2, 0.25) is 0 Å². The number of benzene rings is 3. The van der Waals surface area contributed by atoms with Crippen molar-refractivity contribution in [3.05, 3.63) is 72.6 Å². The predicted molar refractivity (Wildman–Crippen MR) is 90.7 cm³/mol. The molecule has 4 heteroatoms. The minimum absolute atomic E-state index is 0.202. The van der Waals surface area contributed by atoms with Gasteiger partial charge in [-0.25, -0.2) is 9.67 Å². The molecular formula is C19H15N3O. The zero-order valence-electron chi connectivity index (χ0n) is 12.6. The average molecular weight is 301 g/mol. The number of aryl methyl sites for hydroxylation is 1. The van der Waals surface area contributed by atoms with Gasteiger partial charge in [-0.05, 0) is 35.9 Å². The van der Waals surface area contributed by atoms with Crippen LogP contribution in [-0.4, -0.2) is 19.9 Å². The number of hydrogen-bond acceptors (Lipinski definition) is 3. The van der Waals surface area contributed by atoms with Crippen molar-refractivity contribution in [1.82, 2.24) is 14.8 Å². The van der Waals surface area contributed by atoms with Crippen LogP contribution in [0.25, 0.3) is 27.8 Å². The minimum Gasteiger partial charge on any atom is -0.507 e. The first-order valence-corrected chi connectivity index (χ1v) is 7.44. The Morgan fingerprint density at radius 3 is 2.43 bits per heavy atom. The van der Waals surface area contributed by atoms with Crippen molar-refractivity contribution in [2.75, 3.05) is 0 Å². The average Bonchev–Trinajstić information content (AvgIpc) is 2.97. The summed E-state index contributed by atoms with van der Waals surface area (Å²) in [6, 6.07) is 21.4. The number of aromatic nitrogens is 3. The lowest BCUT2D eigenvalue weighted by Crippen LogP contribution is -2.00. The van der Waals surface area contributed by atoms with Gasteiger partial charge >= 0.3 is 0 Å². The molecular weight excluding hydrogens is 286 g/mol. The van der Waals surface area contributed by atoms with E-state index in [1.54, 1.807) is 10.7 Å². The monoisotopic (exact) mass is 301 g/mol. The van der Waals surface area contributed by atoms with E-state index in [1.165, 1.54) is 0 Å². The van der Waals surface area contributed by atoms with Gasteiger partial charge in [0.05, 0.1) is 11.3 Å². The van der Waals surface area contributed by atoms with E-state index >= 15 is 0 Å². The highest BCUT2D eigenvalue weighted by Crippen LogP contribution is 2.36. The van der Waals surface area contributed by atoms with E-state index in [2.05, 4.69) is 10.1 Å². The predicted octanol–water partition coefficient (Wildman–Crippen LogP) is 4.10. The van der Waals surface area contributed by atoms with Gasteiger partial charge in [-0.1, -0.05) is 48.5 Å². The van der Waals surface area contributed by atoms with Crippen molar-refractivity contribution in [2.45, 2.75) is 6.92 Å². The molecule has 0 unspecified atom stereocenters. The maximum Gasteiger partial charge on any atom is 0.167 e. The third-order valence-corrected chi connectivity index (χ3v) is 3.84. The largest absolute Gasteiger partial charge is 0.507 e. The third kappa shape index (κ3) is 2.25. The number of aromatic hydroxyl groups is 1. The van der Waals surface area contributed by atoms with Gasteiger partial charge in [0, 0.05) is 0 Å². The standard InChI is InChI=1S/C19H15N3O/c1-13-20-19(22(21-13)15-8-3-2-4-9-15)18-16-10-6-5-7-14(16)11-12-17(18)23/h2-12,23H,1H3. The highest BCUT2D eigenvalue weighted by atomic mass is 16.3. The number of rotatable bonds is 2. The summed E-state index contributed by atoms with van der Waals surface area (Å²) in [5, 5.41) is 17.0. The molecule has 1 aromatic heterocycles. The van der Waals surface area contributed by atoms with Gasteiger partial charge in [-0.3, -0.25) is 0 Å². The van der Waals surface area contributed by atoms with Crippen LogP contribution in [0.3, 0.4) is 0 Å². The van der Waals surface area contributed by atoms with Crippen molar-refractivity contribution in [1.29, 1.82) is 0 Å². The van der Waals surface area contributed by atoms with Crippen LogP contribution in [-0.2, 0) is 0 Å². The van der Waals surface area contributed by atoms with Crippen LogP contribution in [0.5, 0.6) is 5.75 Å². The second kappa shape index (κ2) is 5.25. The summed E-state index contributed by atoms with van der Waals surface area (Å²) < 4.78 is 1.77. The molecule has 4 aromatic rings. The Kier molecular flexibility index (Phi) is 3.08. The molecule has 0 radical (unpaired) electrons. The number of phenols is 1. The summed E-state index contributed by atoms with van der Waals surface area (Å²) >= 11 is 0. The number of para-hydroxylation sites is 1. The van der Waals surface area contributed by atoms with Crippen LogP contribution >= 0.6 is 0 Å². The maximum absolute atomic E-state index is 10.5. The number of hydrogen-bond donors (Lipinski definition) is 1. The lowest BCUT2D eigenvalue weighted by Gasteiger charge is -2.10. The number of fused-ring (bicyclic) bond motifs is 1. The normalized spacial score (nSPS) is 11.0. The van der Waals surface area contributed by atoms with Crippen molar-refractivity contribution >= 4 is 10.8 Å². The van der Waals surface area contributed by atoms with Crippen LogP contribution in [0.4, 0.5) is 0 Å². The Morgan fingerprint density at radius 2 is 1.61 bits per heavy atom. The van der Waals surface area contributed by atoms with Gasteiger partial charge in [0.15, 0.2) is 5.82 Å². The second-order valence-corrected chi connectivity index (χ2v) is 5.41. The first kappa shape index (κ1) is 13.5. The van der Waals surface area contributed by atoms with E-state index in [0.717, 1.165) is 16.5 Å². The van der Waals surface area contributed by atoms with Gasteiger partial charge in [-0.2, -0.15) is 5.10 Å². The summed E-state index contributed by atoms with van der Waals surface area (Å²) in [5.74, 6) is 1.51. The summed E-state index contributed by atoms with van der Waals surface area (Å²) in [6.45, 7) is 1.85. The van der Waals surface area contributed by atoms with Gasteiger partial charge in [0.25, 0.3) is 0 Å². The Labute approximate surface area is 133 Å². The smallest absolute Gasteiger partial charge is 0.167 e. The molecule has 0 aliphatic heterocycles. The van der Waals surface area contributed by atoms with Crippen molar-refractivity contribution in [3.63, 3.8) is 0 Å². The molecule has 0 bridgehead atoms. The van der Waals surface area contributed by atoms with E-state index in [9.17, 15) is 5.11 Å². The minimum atomic E-state index is 0.202. The number of phenolic OH excluding ortho intramolecular Hbond substituents is 1. The molecule has 0 saturated carbocycles. The first-order valence-electron chi connectivity index (χ1n) is 7.44. The Balaban J connectivity index is 2.05. The lowest BCUT2D eigenvalue weighted by atomic mass is 10.0. The third-order valence-electron chi connectivity index (χ3n) is 3.84. The molecule has 23 heavy (non-hydrogen) atoms. The first-order chi connectivity index (χ1) is 11.2. The van der Waals surface area contributed by atoms with Crippen molar-refractivity contribution in [2.24, 2.45) is 0 Å². The van der Waals surface area contributed by atoms with Gasteiger partial charge in [0.1, 0.15) is 11.6 Å². The summed E-state index contributed by atoms with van der Waals surface area (Å²) in [5.41, 5.74) is 1.61. The van der Waals surface area contributed by atoms with Crippen molar-refractivity contribution in [3.8, 4) is 22.8 Å². The van der Waals surface area contributed by atoms with E-state index < -0.39 is 0 Å². The van der Waals surface area contributed by atoms with E-state index in [1.807, 2.05) is 67.6 Å². The molecule has 4 nitrogen and oxygen atoms in total. The fourth-order valence-corrected chi connectivity index (χ4v) is 2.82. The van der Waals surface area contributed by atoms with Crippen LogP contribution < -0.4 is 0 Å². The molecule has 3 aromatic carbocycles. The van der Waals surface area contributed by atoms with Crippen LogP contribution in [0, 0.1) is 6.92 Å². The molecule has 0 atom stereocenters. The highest BCUT2D eigenvalue weighted by molar-refractivity contribution is 5.98. The number of nitrogens with zero attached hydrogens (tertiary/aromatic N) is 3. The topological polar surface area (TPSA) is 50.9 Å². The molecule has 4 rings (SSSR count). The Hall–Kier alpha value is -3.14. The van der Waals surface area contributed by atoms with E-state index in [-0.39, 0.29) is 5.75 Å². The molecule has 112 valence electrons. The summed E-state index contributed by atoms with van der Waals surface area (Å²) in [4.78, 5) is 4.56. The van der Waals surface area contributed by atoms with E-state index in [4.69, 9.17) is 0 Å².